The van der Waals surface area contributed by atoms with E-state index in [1.54, 1.807) is 0 Å². The van der Waals surface area contributed by atoms with Crippen molar-refractivity contribution in [2.75, 3.05) is 23.8 Å². The summed E-state index contributed by atoms with van der Waals surface area (Å²) in [6.07, 6.45) is 0.693. The van der Waals surface area contributed by atoms with E-state index in [0.717, 1.165) is 21.8 Å². The highest BCUT2D eigenvalue weighted by atomic mass is 79.9. The molecule has 1 heterocycles. The van der Waals surface area contributed by atoms with E-state index in [9.17, 15) is 0 Å². The lowest BCUT2D eigenvalue weighted by atomic mass is 10.3. The van der Waals surface area contributed by atoms with Crippen LogP contribution in [0.3, 0.4) is 0 Å². The Labute approximate surface area is 126 Å². The van der Waals surface area contributed by atoms with Crippen molar-refractivity contribution in [2.24, 2.45) is 0 Å². The van der Waals surface area contributed by atoms with Crippen molar-refractivity contribution in [1.82, 2.24) is 9.97 Å². The first kappa shape index (κ1) is 14.7. The molecular weight excluding hydrogens is 320 g/mol. The molecule has 0 saturated heterocycles. The number of hydrogen-bond donors (Lipinski definition) is 3. The van der Waals surface area contributed by atoms with E-state index >= 15 is 0 Å². The maximum atomic E-state index is 8.78. The van der Waals surface area contributed by atoms with Crippen LogP contribution in [0.2, 0.25) is 0 Å². The van der Waals surface area contributed by atoms with E-state index in [4.69, 9.17) is 5.11 Å². The van der Waals surface area contributed by atoms with Crippen molar-refractivity contribution < 1.29 is 5.11 Å². The van der Waals surface area contributed by atoms with Gasteiger partial charge in [0.25, 0.3) is 0 Å². The van der Waals surface area contributed by atoms with E-state index in [2.05, 4.69) is 36.5 Å². The van der Waals surface area contributed by atoms with E-state index in [0.29, 0.717) is 18.8 Å². The Morgan fingerprint density at radius 1 is 1.15 bits per heavy atom. The van der Waals surface area contributed by atoms with E-state index in [-0.39, 0.29) is 6.61 Å². The molecule has 0 aliphatic carbocycles. The summed E-state index contributed by atoms with van der Waals surface area (Å²) in [6, 6.07) is 9.74. The summed E-state index contributed by atoms with van der Waals surface area (Å²) in [4.78, 5) is 8.67. The molecule has 6 heteroatoms. The maximum absolute atomic E-state index is 8.78. The van der Waals surface area contributed by atoms with Gasteiger partial charge in [-0.25, -0.2) is 9.97 Å². The molecule has 2 aromatic rings. The number of rotatable bonds is 6. The zero-order chi connectivity index (χ0) is 14.4. The average molecular weight is 337 g/mol. The first-order valence-corrected chi connectivity index (χ1v) is 7.19. The summed E-state index contributed by atoms with van der Waals surface area (Å²) in [5.41, 5.74) is 0.965. The monoisotopic (exact) mass is 336 g/mol. The van der Waals surface area contributed by atoms with Crippen LogP contribution in [0.15, 0.2) is 34.8 Å². The number of aromatic nitrogens is 2. The minimum atomic E-state index is 0.168. The molecule has 0 unspecified atom stereocenters. The molecule has 106 valence electrons. The first-order valence-electron chi connectivity index (χ1n) is 6.40. The number of aryl methyl sites for hydroxylation is 1. The van der Waals surface area contributed by atoms with Gasteiger partial charge in [0.1, 0.15) is 17.5 Å². The van der Waals surface area contributed by atoms with E-state index in [1.807, 2.05) is 37.3 Å². The van der Waals surface area contributed by atoms with Crippen LogP contribution in [0.25, 0.3) is 0 Å². The van der Waals surface area contributed by atoms with Crippen LogP contribution >= 0.6 is 15.9 Å². The summed E-state index contributed by atoms with van der Waals surface area (Å²) in [6.45, 7) is 2.70. The molecule has 0 saturated carbocycles. The Bertz CT molecular complexity index is 560. The summed E-state index contributed by atoms with van der Waals surface area (Å²) in [7, 11) is 0. The highest BCUT2D eigenvalue weighted by Crippen LogP contribution is 2.19. The molecule has 0 aliphatic rings. The fourth-order valence-electron chi connectivity index (χ4n) is 1.70. The smallest absolute Gasteiger partial charge is 0.136 e. The predicted molar refractivity (Wildman–Crippen MR) is 84.4 cm³/mol. The molecule has 1 aromatic heterocycles. The first-order chi connectivity index (χ1) is 9.67. The van der Waals surface area contributed by atoms with Gasteiger partial charge in [-0.1, -0.05) is 15.9 Å². The standard InChI is InChI=1S/C14H17BrN4O/c1-10-17-13(16-7-2-8-20)9-14(18-10)19-12-5-3-11(15)4-6-12/h3-6,9,20H,2,7-8H2,1H3,(H2,16,17,18,19). The predicted octanol–water partition coefficient (Wildman–Crippen LogP) is 3.09. The fraction of sp³-hybridized carbons (Fsp3) is 0.286. The number of anilines is 3. The van der Waals surface area contributed by atoms with Crippen molar-refractivity contribution in [3.8, 4) is 0 Å². The van der Waals surface area contributed by atoms with Crippen molar-refractivity contribution >= 4 is 33.3 Å². The van der Waals surface area contributed by atoms with Gasteiger partial charge < -0.3 is 15.7 Å². The molecule has 20 heavy (non-hydrogen) atoms. The van der Waals surface area contributed by atoms with Crippen molar-refractivity contribution in [2.45, 2.75) is 13.3 Å². The highest BCUT2D eigenvalue weighted by molar-refractivity contribution is 9.10. The highest BCUT2D eigenvalue weighted by Gasteiger charge is 2.02. The van der Waals surface area contributed by atoms with Crippen LogP contribution in [0, 0.1) is 6.92 Å². The topological polar surface area (TPSA) is 70.1 Å². The molecule has 0 bridgehead atoms. The number of aliphatic hydroxyl groups excluding tert-OH is 1. The molecule has 0 atom stereocenters. The van der Waals surface area contributed by atoms with Gasteiger partial charge in [-0.3, -0.25) is 0 Å². The minimum Gasteiger partial charge on any atom is -0.396 e. The van der Waals surface area contributed by atoms with Crippen molar-refractivity contribution in [3.05, 3.63) is 40.6 Å². The molecule has 0 radical (unpaired) electrons. The molecular formula is C14H17BrN4O. The van der Waals surface area contributed by atoms with Gasteiger partial charge in [0.2, 0.25) is 0 Å². The Balaban J connectivity index is 2.09. The minimum absolute atomic E-state index is 0.168. The molecule has 0 amide bonds. The zero-order valence-corrected chi connectivity index (χ0v) is 12.8. The van der Waals surface area contributed by atoms with Crippen molar-refractivity contribution in [3.63, 3.8) is 0 Å². The fourth-order valence-corrected chi connectivity index (χ4v) is 1.96. The Morgan fingerprint density at radius 3 is 2.55 bits per heavy atom. The molecule has 0 spiro atoms. The van der Waals surface area contributed by atoms with Crippen LogP contribution in [-0.2, 0) is 0 Å². The molecule has 0 aliphatic heterocycles. The Morgan fingerprint density at radius 2 is 1.85 bits per heavy atom. The second-order valence-electron chi connectivity index (χ2n) is 4.32. The van der Waals surface area contributed by atoms with E-state index in [1.165, 1.54) is 0 Å². The lowest BCUT2D eigenvalue weighted by molar-refractivity contribution is 0.292. The van der Waals surface area contributed by atoms with Crippen LogP contribution < -0.4 is 10.6 Å². The van der Waals surface area contributed by atoms with Gasteiger partial charge in [0.05, 0.1) is 0 Å². The van der Waals surface area contributed by atoms with Crippen LogP contribution in [0.5, 0.6) is 0 Å². The van der Waals surface area contributed by atoms with Gasteiger partial charge in [-0.05, 0) is 37.6 Å². The van der Waals surface area contributed by atoms with Crippen LogP contribution in [0.4, 0.5) is 17.3 Å². The number of halogens is 1. The summed E-state index contributed by atoms with van der Waals surface area (Å²) in [5, 5.41) is 15.2. The third kappa shape index (κ3) is 4.47. The quantitative estimate of drug-likeness (QED) is 0.707. The second-order valence-corrected chi connectivity index (χ2v) is 5.24. The third-order valence-electron chi connectivity index (χ3n) is 2.60. The van der Waals surface area contributed by atoms with Gasteiger partial charge in [-0.2, -0.15) is 0 Å². The summed E-state index contributed by atoms with van der Waals surface area (Å²) >= 11 is 3.41. The maximum Gasteiger partial charge on any atom is 0.136 e. The molecule has 0 fully saturated rings. The third-order valence-corrected chi connectivity index (χ3v) is 3.12. The number of nitrogens with one attached hydrogen (secondary N) is 2. The largest absolute Gasteiger partial charge is 0.396 e. The molecule has 1 aromatic carbocycles. The van der Waals surface area contributed by atoms with Crippen LogP contribution in [-0.4, -0.2) is 28.2 Å². The van der Waals surface area contributed by atoms with Crippen molar-refractivity contribution in [1.29, 1.82) is 0 Å². The summed E-state index contributed by atoms with van der Waals surface area (Å²) < 4.78 is 1.04. The molecule has 5 nitrogen and oxygen atoms in total. The second kappa shape index (κ2) is 7.21. The summed E-state index contributed by atoms with van der Waals surface area (Å²) in [5.74, 6) is 2.19. The molecule has 2 rings (SSSR count). The van der Waals surface area contributed by atoms with Crippen LogP contribution in [0.1, 0.15) is 12.2 Å². The number of aliphatic hydroxyl groups is 1. The average Bonchev–Trinajstić information content (AvgIpc) is 2.41. The lowest BCUT2D eigenvalue weighted by Crippen LogP contribution is -2.07. The number of hydrogen-bond acceptors (Lipinski definition) is 5. The number of benzene rings is 1. The number of nitrogens with zero attached hydrogens (tertiary/aromatic N) is 2. The Hall–Kier alpha value is -1.66. The van der Waals surface area contributed by atoms with Gasteiger partial charge in [0.15, 0.2) is 0 Å². The lowest BCUT2D eigenvalue weighted by Gasteiger charge is -2.10. The molecule has 3 N–H and O–H groups in total. The van der Waals surface area contributed by atoms with Gasteiger partial charge in [0, 0.05) is 29.4 Å². The van der Waals surface area contributed by atoms with Gasteiger partial charge >= 0.3 is 0 Å². The SMILES string of the molecule is Cc1nc(NCCCO)cc(Nc2ccc(Br)cc2)n1. The Kier molecular flexibility index (Phi) is 5.31. The van der Waals surface area contributed by atoms with E-state index < -0.39 is 0 Å². The normalized spacial score (nSPS) is 10.3. The zero-order valence-electron chi connectivity index (χ0n) is 11.2. The van der Waals surface area contributed by atoms with Gasteiger partial charge in [-0.15, -0.1) is 0 Å².